The van der Waals surface area contributed by atoms with E-state index < -0.39 is 38.3 Å². The zero-order valence-corrected chi connectivity index (χ0v) is 16.0. The number of piperazine rings is 1. The number of nitrogens with zero attached hydrogens (tertiary/aromatic N) is 2. The predicted octanol–water partition coefficient (Wildman–Crippen LogP) is -2.07. The van der Waals surface area contributed by atoms with Gasteiger partial charge in [-0.3, -0.25) is 19.1 Å². The van der Waals surface area contributed by atoms with Crippen LogP contribution >= 0.6 is 7.82 Å². The SMILES string of the molecule is Cc1ncc(COP(=O)(O)O)c(/C=N\OC[C@@H]2NC(=O)[C@H](CON)NC2=O)c1O. The summed E-state index contributed by atoms with van der Waals surface area (Å²) in [6.45, 7) is 0.454. The molecule has 2 amide bonds. The number of aromatic nitrogens is 1. The Morgan fingerprint density at radius 1 is 1.28 bits per heavy atom. The molecule has 0 saturated carbocycles. The van der Waals surface area contributed by atoms with Crippen LogP contribution in [-0.2, 0) is 35.0 Å². The molecule has 1 aromatic rings. The van der Waals surface area contributed by atoms with Crippen LogP contribution in [0.1, 0.15) is 16.8 Å². The molecule has 2 atom stereocenters. The van der Waals surface area contributed by atoms with Crippen molar-refractivity contribution in [2.75, 3.05) is 13.2 Å². The van der Waals surface area contributed by atoms with Gasteiger partial charge in [-0.2, -0.15) is 0 Å². The van der Waals surface area contributed by atoms with Crippen molar-refractivity contribution in [3.8, 4) is 5.75 Å². The van der Waals surface area contributed by atoms with Crippen molar-refractivity contribution in [3.63, 3.8) is 0 Å². The van der Waals surface area contributed by atoms with Gasteiger partial charge in [-0.25, -0.2) is 10.5 Å². The van der Waals surface area contributed by atoms with Gasteiger partial charge in [0.2, 0.25) is 11.8 Å². The maximum atomic E-state index is 11.9. The molecule has 2 heterocycles. The van der Waals surface area contributed by atoms with Gasteiger partial charge in [-0.1, -0.05) is 5.16 Å². The fraction of sp³-hybridized carbons (Fsp3) is 0.429. The standard InChI is InChI=1S/C14H20N5O9P/c1-7-12(20)9(8(2-16-7)4-28-29(23,24)25)3-17-27-6-11-14(22)18-10(5-26-15)13(21)19-11/h2-3,10-11,20H,4-6,15H2,1H3,(H,18,22)(H,19,21)(H2,23,24,25)/b17-3-/t10-,11-/m0/s1. The smallest absolute Gasteiger partial charge is 0.469 e. The highest BCUT2D eigenvalue weighted by Crippen LogP contribution is 2.37. The Morgan fingerprint density at radius 2 is 1.90 bits per heavy atom. The number of nitrogens with one attached hydrogen (secondary N) is 2. The maximum Gasteiger partial charge on any atom is 0.469 e. The molecule has 0 bridgehead atoms. The summed E-state index contributed by atoms with van der Waals surface area (Å²) in [5.74, 6) is 3.55. The van der Waals surface area contributed by atoms with Crippen LogP contribution in [0.2, 0.25) is 0 Å². The van der Waals surface area contributed by atoms with E-state index in [4.69, 9.17) is 20.5 Å². The quantitative estimate of drug-likeness (QED) is 0.141. The molecule has 1 aliphatic rings. The van der Waals surface area contributed by atoms with Gasteiger partial charge in [-0.15, -0.1) is 0 Å². The van der Waals surface area contributed by atoms with E-state index >= 15 is 0 Å². The highest BCUT2D eigenvalue weighted by atomic mass is 31.2. The van der Waals surface area contributed by atoms with Crippen molar-refractivity contribution >= 4 is 25.9 Å². The van der Waals surface area contributed by atoms with Crippen molar-refractivity contribution in [2.24, 2.45) is 11.1 Å². The van der Waals surface area contributed by atoms with Gasteiger partial charge in [0.05, 0.1) is 25.1 Å². The Balaban J connectivity index is 2.01. The third-order valence-corrected chi connectivity index (χ3v) is 4.24. The van der Waals surface area contributed by atoms with Crippen LogP contribution in [0.25, 0.3) is 0 Å². The average Bonchev–Trinajstić information content (AvgIpc) is 2.64. The molecule has 2 rings (SSSR count). The largest absolute Gasteiger partial charge is 0.505 e. The van der Waals surface area contributed by atoms with E-state index in [0.29, 0.717) is 0 Å². The second-order valence-corrected chi connectivity index (χ2v) is 7.12. The van der Waals surface area contributed by atoms with E-state index in [0.717, 1.165) is 6.21 Å². The van der Waals surface area contributed by atoms with Crippen LogP contribution in [-0.4, -0.2) is 63.2 Å². The van der Waals surface area contributed by atoms with Crippen molar-refractivity contribution < 1.29 is 43.2 Å². The van der Waals surface area contributed by atoms with E-state index in [1.54, 1.807) is 0 Å². The number of carbonyl (C=O) groups is 2. The van der Waals surface area contributed by atoms with E-state index in [1.807, 2.05) is 0 Å². The Kier molecular flexibility index (Phi) is 7.61. The average molecular weight is 433 g/mol. The lowest BCUT2D eigenvalue weighted by atomic mass is 10.1. The fourth-order valence-corrected chi connectivity index (χ4v) is 2.59. The van der Waals surface area contributed by atoms with Crippen LogP contribution in [0, 0.1) is 6.92 Å². The number of rotatable bonds is 9. The lowest BCUT2D eigenvalue weighted by Crippen LogP contribution is -2.64. The summed E-state index contributed by atoms with van der Waals surface area (Å²) in [5.41, 5.74) is 0.429. The zero-order valence-electron chi connectivity index (χ0n) is 15.1. The molecule has 7 N–H and O–H groups in total. The molecular weight excluding hydrogens is 413 g/mol. The molecule has 0 aliphatic carbocycles. The first-order valence-electron chi connectivity index (χ1n) is 8.07. The molecule has 0 radical (unpaired) electrons. The van der Waals surface area contributed by atoms with Crippen molar-refractivity contribution in [2.45, 2.75) is 25.6 Å². The maximum absolute atomic E-state index is 11.9. The second kappa shape index (κ2) is 9.73. The summed E-state index contributed by atoms with van der Waals surface area (Å²) < 4.78 is 15.3. The van der Waals surface area contributed by atoms with Gasteiger partial charge in [-0.05, 0) is 6.92 Å². The van der Waals surface area contributed by atoms with Crippen molar-refractivity contribution in [1.82, 2.24) is 15.6 Å². The zero-order chi connectivity index (χ0) is 21.6. The molecule has 0 unspecified atom stereocenters. The molecule has 14 nitrogen and oxygen atoms in total. The van der Waals surface area contributed by atoms with Gasteiger partial charge < -0.3 is 35.2 Å². The number of aromatic hydroxyl groups is 1. The number of phosphoric acid groups is 1. The summed E-state index contributed by atoms with van der Waals surface area (Å²) in [7, 11) is -4.74. The van der Waals surface area contributed by atoms with Crippen LogP contribution in [0.15, 0.2) is 11.4 Å². The number of amides is 2. The molecular formula is C14H20N5O9P. The van der Waals surface area contributed by atoms with E-state index in [2.05, 4.69) is 30.1 Å². The molecule has 160 valence electrons. The van der Waals surface area contributed by atoms with Crippen molar-refractivity contribution in [3.05, 3.63) is 23.0 Å². The van der Waals surface area contributed by atoms with Gasteiger partial charge in [0.1, 0.15) is 24.4 Å². The number of hydrogen-bond acceptors (Lipinski definition) is 10. The predicted molar refractivity (Wildman–Crippen MR) is 95.0 cm³/mol. The Morgan fingerprint density at radius 3 is 2.48 bits per heavy atom. The summed E-state index contributed by atoms with van der Waals surface area (Å²) in [4.78, 5) is 54.6. The molecule has 1 fully saturated rings. The Hall–Kier alpha value is -2.61. The molecule has 0 spiro atoms. The monoisotopic (exact) mass is 433 g/mol. The number of hydrogen-bond donors (Lipinski definition) is 6. The lowest BCUT2D eigenvalue weighted by molar-refractivity contribution is -0.139. The first-order chi connectivity index (χ1) is 13.6. The lowest BCUT2D eigenvalue weighted by Gasteiger charge is -2.28. The van der Waals surface area contributed by atoms with Crippen LogP contribution in [0.4, 0.5) is 0 Å². The number of phosphoric ester groups is 1. The number of oxime groups is 1. The number of nitrogens with two attached hydrogens (primary N) is 1. The summed E-state index contributed by atoms with van der Waals surface area (Å²) >= 11 is 0. The normalized spacial score (nSPS) is 19.9. The number of aryl methyl sites for hydroxylation is 1. The minimum atomic E-state index is -4.74. The fourth-order valence-electron chi connectivity index (χ4n) is 2.28. The first kappa shape index (κ1) is 22.7. The summed E-state index contributed by atoms with van der Waals surface area (Å²) in [6.07, 6.45) is 2.32. The molecule has 1 aromatic heterocycles. The molecule has 1 saturated heterocycles. The summed E-state index contributed by atoms with van der Waals surface area (Å²) in [5, 5.41) is 18.6. The van der Waals surface area contributed by atoms with Gasteiger partial charge >= 0.3 is 7.82 Å². The highest BCUT2D eigenvalue weighted by molar-refractivity contribution is 7.46. The highest BCUT2D eigenvalue weighted by Gasteiger charge is 2.34. The molecule has 0 aromatic carbocycles. The van der Waals surface area contributed by atoms with Gasteiger partial charge in [0.15, 0.2) is 0 Å². The first-order valence-corrected chi connectivity index (χ1v) is 9.60. The number of pyridine rings is 1. The van der Waals surface area contributed by atoms with Crippen LogP contribution in [0.5, 0.6) is 5.75 Å². The van der Waals surface area contributed by atoms with E-state index in [-0.39, 0.29) is 35.8 Å². The topological polar surface area (TPSA) is 215 Å². The molecule has 29 heavy (non-hydrogen) atoms. The Bertz CT molecular complexity index is 843. The Labute approximate surface area is 164 Å². The van der Waals surface area contributed by atoms with E-state index in [9.17, 15) is 19.3 Å². The summed E-state index contributed by atoms with van der Waals surface area (Å²) in [6, 6.07) is -1.93. The molecule has 15 heteroatoms. The third-order valence-electron chi connectivity index (χ3n) is 3.77. The third kappa shape index (κ3) is 6.45. The minimum Gasteiger partial charge on any atom is -0.505 e. The van der Waals surface area contributed by atoms with Crippen LogP contribution in [0.3, 0.4) is 0 Å². The molecule has 1 aliphatic heterocycles. The van der Waals surface area contributed by atoms with Crippen LogP contribution < -0.4 is 16.5 Å². The van der Waals surface area contributed by atoms with Crippen molar-refractivity contribution in [1.29, 1.82) is 0 Å². The van der Waals surface area contributed by atoms with Gasteiger partial charge in [0.25, 0.3) is 0 Å². The van der Waals surface area contributed by atoms with Gasteiger partial charge in [0, 0.05) is 17.3 Å². The minimum absolute atomic E-state index is 0.0586. The number of carbonyl (C=O) groups excluding carboxylic acids is 2. The second-order valence-electron chi connectivity index (χ2n) is 5.88. The van der Waals surface area contributed by atoms with E-state index in [1.165, 1.54) is 13.1 Å².